The predicted molar refractivity (Wildman–Crippen MR) is 49.7 cm³/mol. The summed E-state index contributed by atoms with van der Waals surface area (Å²) in [7, 11) is 0. The van der Waals surface area contributed by atoms with E-state index in [2.05, 4.69) is 0 Å². The summed E-state index contributed by atoms with van der Waals surface area (Å²) in [5.74, 6) is 3.23. The Morgan fingerprint density at radius 3 is 3.00 bits per heavy atom. The Morgan fingerprint density at radius 1 is 1.25 bits per heavy atom. The molecule has 0 aromatic heterocycles. The molecule has 0 amide bonds. The Balaban J connectivity index is 1.95. The lowest BCUT2D eigenvalue weighted by molar-refractivity contribution is 0.161. The highest BCUT2D eigenvalue weighted by atomic mass is 14.7. The van der Waals surface area contributed by atoms with Crippen molar-refractivity contribution in [3.63, 3.8) is 0 Å². The third kappa shape index (κ3) is 0.693. The van der Waals surface area contributed by atoms with Crippen molar-refractivity contribution in [2.75, 3.05) is 6.54 Å². The molecule has 0 aliphatic heterocycles. The van der Waals surface area contributed by atoms with Crippen LogP contribution in [0.1, 0.15) is 38.5 Å². The van der Waals surface area contributed by atoms with E-state index in [0.717, 1.165) is 24.3 Å². The lowest BCUT2D eigenvalue weighted by atomic mass is 9.72. The summed E-state index contributed by atoms with van der Waals surface area (Å²) in [6, 6.07) is 0. The van der Waals surface area contributed by atoms with Gasteiger partial charge in [-0.3, -0.25) is 0 Å². The maximum absolute atomic E-state index is 5.96. The standard InChI is InChI=1S/C11H19N/c12-7-11-5-4-8(6-11)9-2-1-3-10(9)11/h8-10H,1-7,12H2. The number of nitrogens with two attached hydrogens (primary N) is 1. The van der Waals surface area contributed by atoms with Crippen LogP contribution in [0.4, 0.5) is 0 Å². The van der Waals surface area contributed by atoms with Gasteiger partial charge in [-0.15, -0.1) is 0 Å². The van der Waals surface area contributed by atoms with E-state index in [9.17, 15) is 0 Å². The van der Waals surface area contributed by atoms with Gasteiger partial charge in [0.2, 0.25) is 0 Å². The second kappa shape index (κ2) is 2.25. The molecule has 1 nitrogen and oxygen atoms in total. The summed E-state index contributed by atoms with van der Waals surface area (Å²) in [6.45, 7) is 0.977. The summed E-state index contributed by atoms with van der Waals surface area (Å²) in [4.78, 5) is 0. The fourth-order valence-electron chi connectivity index (χ4n) is 4.55. The van der Waals surface area contributed by atoms with Crippen molar-refractivity contribution in [1.29, 1.82) is 0 Å². The molecule has 3 aliphatic rings. The molecule has 3 aliphatic carbocycles. The van der Waals surface area contributed by atoms with E-state index in [0.29, 0.717) is 5.41 Å². The van der Waals surface area contributed by atoms with Gasteiger partial charge in [0.1, 0.15) is 0 Å². The number of rotatable bonds is 1. The van der Waals surface area contributed by atoms with Crippen molar-refractivity contribution in [3.8, 4) is 0 Å². The molecule has 4 unspecified atom stereocenters. The average molecular weight is 165 g/mol. The van der Waals surface area contributed by atoms with Crippen molar-refractivity contribution in [3.05, 3.63) is 0 Å². The highest BCUT2D eigenvalue weighted by Crippen LogP contribution is 2.65. The maximum Gasteiger partial charge on any atom is -0.00177 e. The first-order valence-electron chi connectivity index (χ1n) is 5.56. The summed E-state index contributed by atoms with van der Waals surface area (Å²) in [5, 5.41) is 0. The molecule has 0 radical (unpaired) electrons. The van der Waals surface area contributed by atoms with Crippen LogP contribution in [-0.2, 0) is 0 Å². The number of fused-ring (bicyclic) bond motifs is 5. The third-order valence-electron chi connectivity index (χ3n) is 5.05. The lowest BCUT2D eigenvalue weighted by Crippen LogP contribution is -2.34. The van der Waals surface area contributed by atoms with E-state index in [1.165, 1.54) is 38.5 Å². The molecule has 0 spiro atoms. The maximum atomic E-state index is 5.96. The van der Waals surface area contributed by atoms with Crippen molar-refractivity contribution < 1.29 is 0 Å². The Bertz CT molecular complexity index is 201. The molecule has 2 N–H and O–H groups in total. The first kappa shape index (κ1) is 7.37. The minimum absolute atomic E-state index is 0.631. The monoisotopic (exact) mass is 165 g/mol. The summed E-state index contributed by atoms with van der Waals surface area (Å²) in [5.41, 5.74) is 6.59. The van der Waals surface area contributed by atoms with E-state index < -0.39 is 0 Å². The van der Waals surface area contributed by atoms with Crippen molar-refractivity contribution in [2.45, 2.75) is 38.5 Å². The molecule has 0 heterocycles. The van der Waals surface area contributed by atoms with Crippen LogP contribution >= 0.6 is 0 Å². The fraction of sp³-hybridized carbons (Fsp3) is 1.00. The Morgan fingerprint density at radius 2 is 2.17 bits per heavy atom. The minimum atomic E-state index is 0.631. The van der Waals surface area contributed by atoms with E-state index in [1.807, 2.05) is 0 Å². The van der Waals surface area contributed by atoms with E-state index in [-0.39, 0.29) is 0 Å². The van der Waals surface area contributed by atoms with Gasteiger partial charge in [0.05, 0.1) is 0 Å². The second-order valence-electron chi connectivity index (χ2n) is 5.27. The van der Waals surface area contributed by atoms with Gasteiger partial charge in [-0.1, -0.05) is 6.42 Å². The SMILES string of the molecule is NCC12CCC(C1)C1CCCC12. The summed E-state index contributed by atoms with van der Waals surface area (Å²) in [6.07, 6.45) is 8.95. The minimum Gasteiger partial charge on any atom is -0.330 e. The highest BCUT2D eigenvalue weighted by molar-refractivity contribution is 5.08. The molecule has 1 heteroatoms. The zero-order valence-corrected chi connectivity index (χ0v) is 7.76. The highest BCUT2D eigenvalue weighted by Gasteiger charge is 2.57. The number of hydrogen-bond acceptors (Lipinski definition) is 1. The van der Waals surface area contributed by atoms with Gasteiger partial charge in [0, 0.05) is 0 Å². The van der Waals surface area contributed by atoms with E-state index in [4.69, 9.17) is 5.73 Å². The molecular weight excluding hydrogens is 146 g/mol. The van der Waals surface area contributed by atoms with E-state index >= 15 is 0 Å². The molecule has 0 saturated heterocycles. The van der Waals surface area contributed by atoms with Gasteiger partial charge in [-0.05, 0) is 61.8 Å². The van der Waals surface area contributed by atoms with Gasteiger partial charge in [0.15, 0.2) is 0 Å². The molecule has 68 valence electrons. The molecular formula is C11H19N. The largest absolute Gasteiger partial charge is 0.330 e. The topological polar surface area (TPSA) is 26.0 Å². The Hall–Kier alpha value is -0.0400. The Labute approximate surface area is 74.7 Å². The normalized spacial score (nSPS) is 56.2. The molecule has 0 aromatic rings. The van der Waals surface area contributed by atoms with Crippen molar-refractivity contribution in [2.24, 2.45) is 28.9 Å². The van der Waals surface area contributed by atoms with Crippen LogP contribution in [0.2, 0.25) is 0 Å². The molecule has 12 heavy (non-hydrogen) atoms. The molecule has 3 fully saturated rings. The summed E-state index contributed by atoms with van der Waals surface area (Å²) < 4.78 is 0. The molecule has 3 saturated carbocycles. The first-order valence-corrected chi connectivity index (χ1v) is 5.56. The fourth-order valence-corrected chi connectivity index (χ4v) is 4.55. The van der Waals surface area contributed by atoms with Crippen LogP contribution < -0.4 is 5.73 Å². The van der Waals surface area contributed by atoms with Gasteiger partial charge in [-0.2, -0.15) is 0 Å². The van der Waals surface area contributed by atoms with Crippen LogP contribution in [0.15, 0.2) is 0 Å². The van der Waals surface area contributed by atoms with Crippen LogP contribution in [0.5, 0.6) is 0 Å². The van der Waals surface area contributed by atoms with Crippen LogP contribution in [0.3, 0.4) is 0 Å². The molecule has 4 atom stereocenters. The third-order valence-corrected chi connectivity index (χ3v) is 5.05. The van der Waals surface area contributed by atoms with E-state index in [1.54, 1.807) is 0 Å². The van der Waals surface area contributed by atoms with Gasteiger partial charge in [0.25, 0.3) is 0 Å². The zero-order chi connectivity index (χ0) is 8.18. The van der Waals surface area contributed by atoms with Crippen LogP contribution in [0, 0.1) is 23.2 Å². The van der Waals surface area contributed by atoms with Gasteiger partial charge < -0.3 is 5.73 Å². The quantitative estimate of drug-likeness (QED) is 0.633. The number of hydrogen-bond donors (Lipinski definition) is 1. The first-order chi connectivity index (χ1) is 5.86. The van der Waals surface area contributed by atoms with Crippen molar-refractivity contribution in [1.82, 2.24) is 0 Å². The zero-order valence-electron chi connectivity index (χ0n) is 7.76. The van der Waals surface area contributed by atoms with Gasteiger partial charge >= 0.3 is 0 Å². The molecule has 0 aromatic carbocycles. The van der Waals surface area contributed by atoms with Crippen LogP contribution in [0.25, 0.3) is 0 Å². The predicted octanol–water partition coefficient (Wildman–Crippen LogP) is 2.16. The molecule has 3 rings (SSSR count). The van der Waals surface area contributed by atoms with Crippen molar-refractivity contribution >= 4 is 0 Å². The molecule has 2 bridgehead atoms. The summed E-state index contributed by atoms with van der Waals surface area (Å²) >= 11 is 0. The smallest absolute Gasteiger partial charge is 0.00177 e. The lowest BCUT2D eigenvalue weighted by Gasteiger charge is -2.34. The van der Waals surface area contributed by atoms with Crippen LogP contribution in [-0.4, -0.2) is 6.54 Å². The average Bonchev–Trinajstić information content (AvgIpc) is 2.76. The Kier molecular flexibility index (Phi) is 1.39. The van der Waals surface area contributed by atoms with Gasteiger partial charge in [-0.25, -0.2) is 0 Å². The second-order valence-corrected chi connectivity index (χ2v) is 5.27.